The Hall–Kier alpha value is -0.120. The fraction of sp³-hybridized carbons (Fsp3) is 1.00. The zero-order valence-corrected chi connectivity index (χ0v) is 13.2. The number of ether oxygens (including phenoxy) is 2. The average molecular weight is 271 g/mol. The first-order chi connectivity index (χ1) is 9.18. The van der Waals surface area contributed by atoms with Gasteiger partial charge in [-0.05, 0) is 19.3 Å². The van der Waals surface area contributed by atoms with Gasteiger partial charge >= 0.3 is 0 Å². The van der Waals surface area contributed by atoms with Crippen LogP contribution in [0.2, 0.25) is 0 Å². The number of nitrogens with one attached hydrogen (secondary N) is 1. The Bertz CT molecular complexity index is 213. The molecule has 0 saturated heterocycles. The summed E-state index contributed by atoms with van der Waals surface area (Å²) in [5.41, 5.74) is 0.0661. The van der Waals surface area contributed by atoms with Crippen molar-refractivity contribution in [3.05, 3.63) is 0 Å². The Morgan fingerprint density at radius 1 is 1.05 bits per heavy atom. The average Bonchev–Trinajstić information content (AvgIpc) is 2.42. The molecular formula is C16H33NO2. The lowest BCUT2D eigenvalue weighted by Gasteiger charge is -2.38. The first-order valence-corrected chi connectivity index (χ1v) is 8.13. The third-order valence-corrected chi connectivity index (χ3v) is 3.88. The third-order valence-electron chi connectivity index (χ3n) is 3.88. The first-order valence-electron chi connectivity index (χ1n) is 8.13. The number of rotatable bonds is 10. The second kappa shape index (κ2) is 9.73. The molecule has 3 nitrogen and oxygen atoms in total. The van der Waals surface area contributed by atoms with E-state index in [4.69, 9.17) is 9.47 Å². The van der Waals surface area contributed by atoms with Crippen LogP contribution in [0.25, 0.3) is 0 Å². The van der Waals surface area contributed by atoms with Crippen LogP contribution in [-0.4, -0.2) is 38.0 Å². The summed E-state index contributed by atoms with van der Waals surface area (Å²) in [6, 6.07) is 0.531. The largest absolute Gasteiger partial charge is 0.379 e. The van der Waals surface area contributed by atoms with E-state index in [2.05, 4.69) is 26.1 Å². The predicted molar refractivity (Wildman–Crippen MR) is 80.6 cm³/mol. The van der Waals surface area contributed by atoms with Crippen molar-refractivity contribution in [3.63, 3.8) is 0 Å². The Morgan fingerprint density at radius 3 is 2.42 bits per heavy atom. The molecule has 0 spiro atoms. The maximum absolute atomic E-state index is 6.21. The van der Waals surface area contributed by atoms with Crippen LogP contribution in [-0.2, 0) is 9.47 Å². The van der Waals surface area contributed by atoms with Crippen LogP contribution < -0.4 is 5.32 Å². The maximum Gasteiger partial charge on any atom is 0.0807 e. The van der Waals surface area contributed by atoms with Gasteiger partial charge in [0.25, 0.3) is 0 Å². The fourth-order valence-corrected chi connectivity index (χ4v) is 2.62. The van der Waals surface area contributed by atoms with Gasteiger partial charge in [0, 0.05) is 19.2 Å². The second-order valence-corrected chi connectivity index (χ2v) is 6.09. The van der Waals surface area contributed by atoms with Crippen LogP contribution >= 0.6 is 0 Å². The van der Waals surface area contributed by atoms with E-state index in [1.165, 1.54) is 38.5 Å². The molecule has 0 amide bonds. The van der Waals surface area contributed by atoms with Gasteiger partial charge in [-0.2, -0.15) is 0 Å². The summed E-state index contributed by atoms with van der Waals surface area (Å²) in [4.78, 5) is 0. The quantitative estimate of drug-likeness (QED) is 0.617. The van der Waals surface area contributed by atoms with Crippen molar-refractivity contribution in [1.82, 2.24) is 5.32 Å². The van der Waals surface area contributed by atoms with E-state index < -0.39 is 0 Å². The van der Waals surface area contributed by atoms with Crippen LogP contribution in [0, 0.1) is 0 Å². The van der Waals surface area contributed by atoms with Gasteiger partial charge in [-0.25, -0.2) is 0 Å². The molecule has 0 aromatic rings. The molecule has 0 aliphatic heterocycles. The summed E-state index contributed by atoms with van der Waals surface area (Å²) in [6.07, 6.45) is 8.71. The summed E-state index contributed by atoms with van der Waals surface area (Å²) < 4.78 is 11.8. The molecule has 1 aliphatic rings. The lowest BCUT2D eigenvalue weighted by molar-refractivity contribution is -0.0870. The maximum atomic E-state index is 6.21. The van der Waals surface area contributed by atoms with Gasteiger partial charge in [-0.1, -0.05) is 46.5 Å². The normalized spacial score (nSPS) is 18.9. The molecule has 0 aromatic carbocycles. The molecule has 0 heterocycles. The third kappa shape index (κ3) is 7.28. The number of hydrogen-bond donors (Lipinski definition) is 1. The highest BCUT2D eigenvalue weighted by atomic mass is 16.5. The summed E-state index contributed by atoms with van der Waals surface area (Å²) in [7, 11) is 0. The van der Waals surface area contributed by atoms with Crippen molar-refractivity contribution < 1.29 is 9.47 Å². The molecule has 1 rings (SSSR count). The second-order valence-electron chi connectivity index (χ2n) is 6.09. The Kier molecular flexibility index (Phi) is 8.67. The highest BCUT2D eigenvalue weighted by Gasteiger charge is 2.32. The fourth-order valence-electron chi connectivity index (χ4n) is 2.62. The number of unbranched alkanes of at least 4 members (excludes halogenated alkanes) is 1. The van der Waals surface area contributed by atoms with Crippen LogP contribution in [0.3, 0.4) is 0 Å². The molecule has 0 aromatic heterocycles. The van der Waals surface area contributed by atoms with Crippen molar-refractivity contribution in [3.8, 4) is 0 Å². The van der Waals surface area contributed by atoms with Gasteiger partial charge in [0.15, 0.2) is 0 Å². The molecule has 1 aliphatic carbocycles. The van der Waals surface area contributed by atoms with Gasteiger partial charge in [-0.15, -0.1) is 0 Å². The zero-order valence-electron chi connectivity index (χ0n) is 13.2. The van der Waals surface area contributed by atoms with Crippen molar-refractivity contribution in [2.75, 3.05) is 26.4 Å². The van der Waals surface area contributed by atoms with E-state index in [-0.39, 0.29) is 5.60 Å². The van der Waals surface area contributed by atoms with Crippen LogP contribution in [0.5, 0.6) is 0 Å². The predicted octanol–water partition coefficient (Wildman–Crippen LogP) is 3.52. The SMILES string of the molecule is CCCCOCCOC1(CNC(C)C)CCCCC1. The van der Waals surface area contributed by atoms with Gasteiger partial charge < -0.3 is 14.8 Å². The Morgan fingerprint density at radius 2 is 1.79 bits per heavy atom. The van der Waals surface area contributed by atoms with E-state index in [0.717, 1.165) is 32.8 Å². The summed E-state index contributed by atoms with van der Waals surface area (Å²) >= 11 is 0. The van der Waals surface area contributed by atoms with Crippen LogP contribution in [0.15, 0.2) is 0 Å². The zero-order chi connectivity index (χ0) is 14.0. The van der Waals surface area contributed by atoms with Crippen molar-refractivity contribution in [2.24, 2.45) is 0 Å². The monoisotopic (exact) mass is 271 g/mol. The van der Waals surface area contributed by atoms with E-state index in [1.54, 1.807) is 0 Å². The van der Waals surface area contributed by atoms with Crippen LogP contribution in [0.1, 0.15) is 65.7 Å². The van der Waals surface area contributed by atoms with E-state index in [9.17, 15) is 0 Å². The minimum Gasteiger partial charge on any atom is -0.379 e. The van der Waals surface area contributed by atoms with E-state index in [0.29, 0.717) is 6.04 Å². The molecule has 19 heavy (non-hydrogen) atoms. The minimum absolute atomic E-state index is 0.0661. The molecule has 0 bridgehead atoms. The minimum atomic E-state index is 0.0661. The molecule has 1 N–H and O–H groups in total. The highest BCUT2D eigenvalue weighted by Crippen LogP contribution is 2.31. The Labute approximate surface area is 119 Å². The number of hydrogen-bond acceptors (Lipinski definition) is 3. The molecule has 114 valence electrons. The van der Waals surface area contributed by atoms with E-state index >= 15 is 0 Å². The van der Waals surface area contributed by atoms with Gasteiger partial charge in [-0.3, -0.25) is 0 Å². The van der Waals surface area contributed by atoms with Gasteiger partial charge in [0.2, 0.25) is 0 Å². The molecule has 0 atom stereocenters. The summed E-state index contributed by atoms with van der Waals surface area (Å²) in [5.74, 6) is 0. The first kappa shape index (κ1) is 16.9. The topological polar surface area (TPSA) is 30.5 Å². The smallest absolute Gasteiger partial charge is 0.0807 e. The summed E-state index contributed by atoms with van der Waals surface area (Å²) in [5, 5.41) is 3.55. The Balaban J connectivity index is 2.24. The van der Waals surface area contributed by atoms with Crippen molar-refractivity contribution >= 4 is 0 Å². The lowest BCUT2D eigenvalue weighted by atomic mass is 9.84. The van der Waals surface area contributed by atoms with Gasteiger partial charge in [0.05, 0.1) is 18.8 Å². The van der Waals surface area contributed by atoms with Crippen LogP contribution in [0.4, 0.5) is 0 Å². The molecule has 1 fully saturated rings. The van der Waals surface area contributed by atoms with E-state index in [1.807, 2.05) is 0 Å². The molecular weight excluding hydrogens is 238 g/mol. The summed E-state index contributed by atoms with van der Waals surface area (Å²) in [6.45, 7) is 9.92. The van der Waals surface area contributed by atoms with Crippen molar-refractivity contribution in [2.45, 2.75) is 77.4 Å². The standard InChI is InChI=1S/C16H33NO2/c1-4-5-11-18-12-13-19-16(14-17-15(2)3)9-7-6-8-10-16/h15,17H,4-14H2,1-3H3. The lowest BCUT2D eigenvalue weighted by Crippen LogP contribution is -2.47. The molecule has 0 unspecified atom stereocenters. The van der Waals surface area contributed by atoms with Crippen molar-refractivity contribution in [1.29, 1.82) is 0 Å². The molecule has 0 radical (unpaired) electrons. The highest BCUT2D eigenvalue weighted by molar-refractivity contribution is 4.87. The molecule has 1 saturated carbocycles. The molecule has 3 heteroatoms. The van der Waals surface area contributed by atoms with Gasteiger partial charge in [0.1, 0.15) is 0 Å².